The van der Waals surface area contributed by atoms with E-state index >= 15 is 0 Å². The minimum Gasteiger partial charge on any atom is -0.477 e. The number of hydrogen-bond donors (Lipinski definition) is 2. The number of carboxylic acid groups (broad SMARTS) is 1. The second-order valence-corrected chi connectivity index (χ2v) is 5.18. The van der Waals surface area contributed by atoms with Crippen LogP contribution >= 0.6 is 11.3 Å². The summed E-state index contributed by atoms with van der Waals surface area (Å²) in [5.74, 6) is -1.30. The molecule has 7 heteroatoms. The lowest BCUT2D eigenvalue weighted by molar-refractivity contribution is -0.111. The van der Waals surface area contributed by atoms with Gasteiger partial charge in [0.1, 0.15) is 4.88 Å². The number of nitrogens with one attached hydrogen (secondary N) is 1. The third kappa shape index (κ3) is 3.12. The molecule has 6 nitrogen and oxygen atoms in total. The lowest BCUT2D eigenvalue weighted by Crippen LogP contribution is -2.06. The number of amides is 1. The van der Waals surface area contributed by atoms with E-state index in [4.69, 9.17) is 5.11 Å². The monoisotopic (exact) mass is 291 g/mol. The summed E-state index contributed by atoms with van der Waals surface area (Å²) in [5, 5.41) is 16.1. The molecule has 0 spiro atoms. The van der Waals surface area contributed by atoms with Crippen molar-refractivity contribution in [2.75, 3.05) is 5.32 Å². The van der Waals surface area contributed by atoms with Gasteiger partial charge < -0.3 is 10.4 Å². The molecule has 0 unspecified atom stereocenters. The molecule has 0 aliphatic rings. The van der Waals surface area contributed by atoms with Crippen molar-refractivity contribution in [3.63, 3.8) is 0 Å². The number of rotatable bonds is 4. The summed E-state index contributed by atoms with van der Waals surface area (Å²) >= 11 is 1.04. The van der Waals surface area contributed by atoms with Crippen LogP contribution in [-0.2, 0) is 11.8 Å². The van der Waals surface area contributed by atoms with Crippen LogP contribution < -0.4 is 5.32 Å². The van der Waals surface area contributed by atoms with Crippen molar-refractivity contribution in [1.29, 1.82) is 0 Å². The van der Waals surface area contributed by atoms with Crippen molar-refractivity contribution in [2.45, 2.75) is 6.92 Å². The molecule has 0 atom stereocenters. The summed E-state index contributed by atoms with van der Waals surface area (Å²) in [6.45, 7) is 1.70. The first-order valence-corrected chi connectivity index (χ1v) is 6.60. The summed E-state index contributed by atoms with van der Waals surface area (Å²) < 4.78 is 1.64. The van der Waals surface area contributed by atoms with Crippen LogP contribution in [-0.4, -0.2) is 26.8 Å². The standard InChI is InChI=1S/C13H13N3O3S/c1-8-7-11(20-12(8)13(18)19)15-10(17)4-3-9-5-6-14-16(9)2/h3-7H,1-2H3,(H,15,17)(H,18,19)/b4-3+. The Kier molecular flexibility index (Phi) is 3.99. The first kappa shape index (κ1) is 14.0. The maximum Gasteiger partial charge on any atom is 0.346 e. The summed E-state index contributed by atoms with van der Waals surface area (Å²) in [6.07, 6.45) is 4.66. The predicted octanol–water partition coefficient (Wildman–Crippen LogP) is 2.14. The number of nitrogens with zero attached hydrogens (tertiary/aromatic N) is 2. The highest BCUT2D eigenvalue weighted by atomic mass is 32.1. The molecule has 2 N–H and O–H groups in total. The Labute approximate surface area is 119 Å². The van der Waals surface area contributed by atoms with E-state index in [1.165, 1.54) is 6.08 Å². The van der Waals surface area contributed by atoms with Gasteiger partial charge in [0.2, 0.25) is 5.91 Å². The van der Waals surface area contributed by atoms with Gasteiger partial charge in [0, 0.05) is 19.3 Å². The maximum absolute atomic E-state index is 11.7. The molecule has 0 aliphatic carbocycles. The van der Waals surface area contributed by atoms with Crippen molar-refractivity contribution in [3.8, 4) is 0 Å². The fraction of sp³-hybridized carbons (Fsp3) is 0.154. The molecule has 20 heavy (non-hydrogen) atoms. The molecule has 0 aliphatic heterocycles. The smallest absolute Gasteiger partial charge is 0.346 e. The van der Waals surface area contributed by atoms with Gasteiger partial charge in [-0.2, -0.15) is 5.10 Å². The molecule has 2 rings (SSSR count). The molecule has 2 heterocycles. The zero-order valence-electron chi connectivity index (χ0n) is 11.0. The maximum atomic E-state index is 11.7. The molecule has 104 valence electrons. The molecule has 0 bridgehead atoms. The van der Waals surface area contributed by atoms with Gasteiger partial charge in [-0.15, -0.1) is 11.3 Å². The topological polar surface area (TPSA) is 84.2 Å². The Morgan fingerprint density at radius 1 is 1.50 bits per heavy atom. The highest BCUT2D eigenvalue weighted by Gasteiger charge is 2.12. The van der Waals surface area contributed by atoms with Crippen LogP contribution in [0.15, 0.2) is 24.4 Å². The van der Waals surface area contributed by atoms with Gasteiger partial charge in [0.05, 0.1) is 10.7 Å². The molecule has 0 saturated carbocycles. The average molecular weight is 291 g/mol. The van der Waals surface area contributed by atoms with E-state index in [1.807, 2.05) is 0 Å². The number of aromatic nitrogens is 2. The summed E-state index contributed by atoms with van der Waals surface area (Å²) in [6, 6.07) is 3.42. The first-order valence-electron chi connectivity index (χ1n) is 5.78. The zero-order valence-corrected chi connectivity index (χ0v) is 11.8. The van der Waals surface area contributed by atoms with E-state index in [9.17, 15) is 9.59 Å². The fourth-order valence-electron chi connectivity index (χ4n) is 1.63. The van der Waals surface area contributed by atoms with E-state index in [0.29, 0.717) is 10.6 Å². The Morgan fingerprint density at radius 3 is 2.80 bits per heavy atom. The molecule has 0 radical (unpaired) electrons. The SMILES string of the molecule is Cc1cc(NC(=O)/C=C/c2ccnn2C)sc1C(=O)O. The summed E-state index contributed by atoms with van der Waals surface area (Å²) in [5.41, 5.74) is 1.43. The van der Waals surface area contributed by atoms with E-state index < -0.39 is 5.97 Å². The molecular formula is C13H13N3O3S. The van der Waals surface area contributed by atoms with Gasteiger partial charge in [-0.3, -0.25) is 9.48 Å². The van der Waals surface area contributed by atoms with Gasteiger partial charge in [-0.05, 0) is 30.7 Å². The summed E-state index contributed by atoms with van der Waals surface area (Å²) in [4.78, 5) is 22.9. The van der Waals surface area contributed by atoms with Crippen molar-refractivity contribution >= 4 is 34.3 Å². The molecule has 2 aromatic rings. The molecule has 0 aromatic carbocycles. The van der Waals surface area contributed by atoms with E-state index in [2.05, 4.69) is 10.4 Å². The Morgan fingerprint density at radius 2 is 2.25 bits per heavy atom. The Hall–Kier alpha value is -2.41. The third-order valence-electron chi connectivity index (χ3n) is 2.62. The van der Waals surface area contributed by atoms with Gasteiger partial charge in [-0.1, -0.05) is 0 Å². The average Bonchev–Trinajstić information content (AvgIpc) is 2.93. The van der Waals surface area contributed by atoms with Crippen LogP contribution in [0.1, 0.15) is 20.9 Å². The number of anilines is 1. The van der Waals surface area contributed by atoms with E-state index in [0.717, 1.165) is 17.0 Å². The number of aryl methyl sites for hydroxylation is 2. The van der Waals surface area contributed by atoms with Crippen LogP contribution in [0.4, 0.5) is 5.00 Å². The number of carbonyl (C=O) groups is 2. The predicted molar refractivity (Wildman–Crippen MR) is 76.9 cm³/mol. The first-order chi connectivity index (χ1) is 9.47. The minimum absolute atomic E-state index is 0.232. The lowest BCUT2D eigenvalue weighted by atomic mass is 10.3. The van der Waals surface area contributed by atoms with Crippen LogP contribution in [0.5, 0.6) is 0 Å². The van der Waals surface area contributed by atoms with E-state index in [-0.39, 0.29) is 10.8 Å². The number of thiophene rings is 1. The van der Waals surface area contributed by atoms with Crippen LogP contribution in [0, 0.1) is 6.92 Å². The quantitative estimate of drug-likeness (QED) is 0.845. The molecule has 0 fully saturated rings. The second kappa shape index (κ2) is 5.70. The zero-order chi connectivity index (χ0) is 14.7. The number of hydrogen-bond acceptors (Lipinski definition) is 4. The number of carboxylic acids is 1. The Balaban J connectivity index is 2.05. The summed E-state index contributed by atoms with van der Waals surface area (Å²) in [7, 11) is 1.78. The molecular weight excluding hydrogens is 278 g/mol. The van der Waals surface area contributed by atoms with Crippen molar-refractivity contribution < 1.29 is 14.7 Å². The highest BCUT2D eigenvalue weighted by molar-refractivity contribution is 7.18. The highest BCUT2D eigenvalue weighted by Crippen LogP contribution is 2.26. The lowest BCUT2D eigenvalue weighted by Gasteiger charge is -1.97. The largest absolute Gasteiger partial charge is 0.477 e. The number of carbonyl (C=O) groups excluding carboxylic acids is 1. The van der Waals surface area contributed by atoms with Crippen molar-refractivity contribution in [3.05, 3.63) is 40.5 Å². The molecule has 2 aromatic heterocycles. The van der Waals surface area contributed by atoms with E-state index in [1.54, 1.807) is 43.1 Å². The van der Waals surface area contributed by atoms with Crippen molar-refractivity contribution in [1.82, 2.24) is 9.78 Å². The van der Waals surface area contributed by atoms with Crippen LogP contribution in [0.25, 0.3) is 6.08 Å². The fourth-order valence-corrected chi connectivity index (χ4v) is 2.54. The molecule has 1 amide bonds. The van der Waals surface area contributed by atoms with Crippen LogP contribution in [0.3, 0.4) is 0 Å². The van der Waals surface area contributed by atoms with Gasteiger partial charge in [0.15, 0.2) is 0 Å². The minimum atomic E-state index is -0.988. The van der Waals surface area contributed by atoms with Crippen LogP contribution in [0.2, 0.25) is 0 Å². The molecule has 0 saturated heterocycles. The van der Waals surface area contributed by atoms with Gasteiger partial charge in [0.25, 0.3) is 0 Å². The Bertz CT molecular complexity index is 685. The van der Waals surface area contributed by atoms with Crippen molar-refractivity contribution in [2.24, 2.45) is 7.05 Å². The second-order valence-electron chi connectivity index (χ2n) is 4.13. The third-order valence-corrected chi connectivity index (χ3v) is 3.76. The van der Waals surface area contributed by atoms with Gasteiger partial charge >= 0.3 is 5.97 Å². The normalized spacial score (nSPS) is 10.9. The number of aromatic carboxylic acids is 1. The van der Waals surface area contributed by atoms with Gasteiger partial charge in [-0.25, -0.2) is 4.79 Å².